The summed E-state index contributed by atoms with van der Waals surface area (Å²) in [6.07, 6.45) is 3.82. The summed E-state index contributed by atoms with van der Waals surface area (Å²) in [4.78, 5) is 15.2. The summed E-state index contributed by atoms with van der Waals surface area (Å²) in [5.41, 5.74) is 6.34. The van der Waals surface area contributed by atoms with Crippen molar-refractivity contribution in [3.05, 3.63) is 18.5 Å². The molecule has 1 saturated heterocycles. The first-order valence-electron chi connectivity index (χ1n) is 7.12. The van der Waals surface area contributed by atoms with Gasteiger partial charge in [-0.3, -0.25) is 0 Å². The predicted molar refractivity (Wildman–Crippen MR) is 80.5 cm³/mol. The van der Waals surface area contributed by atoms with Crippen molar-refractivity contribution in [3.63, 3.8) is 0 Å². The van der Waals surface area contributed by atoms with Crippen LogP contribution in [0.25, 0.3) is 11.0 Å². The highest BCUT2D eigenvalue weighted by atomic mass is 15.1. The molecule has 0 unspecified atom stereocenters. The average Bonchev–Trinajstić information content (AvgIpc) is 2.48. The number of pyridine rings is 1. The van der Waals surface area contributed by atoms with Crippen molar-refractivity contribution in [3.8, 4) is 0 Å². The molecule has 6 heteroatoms. The van der Waals surface area contributed by atoms with Crippen LogP contribution in [-0.4, -0.2) is 45.5 Å². The van der Waals surface area contributed by atoms with Crippen molar-refractivity contribution >= 4 is 22.7 Å². The highest BCUT2D eigenvalue weighted by molar-refractivity contribution is 5.87. The standard InChI is InChI=1S/C14H20N6/c1-2-20-7-5-10(6-8-20)18-13-11-3-4-12(15)19-14(11)17-9-16-13/h3-4,9-10H,2,5-8H2,1H3,(H3,15,16,17,18,19). The molecule has 6 nitrogen and oxygen atoms in total. The van der Waals surface area contributed by atoms with E-state index in [-0.39, 0.29) is 0 Å². The molecule has 0 aromatic carbocycles. The monoisotopic (exact) mass is 272 g/mol. The number of aromatic nitrogens is 3. The number of rotatable bonds is 3. The van der Waals surface area contributed by atoms with Crippen molar-refractivity contribution in [2.75, 3.05) is 30.7 Å². The summed E-state index contributed by atoms with van der Waals surface area (Å²) in [5.74, 6) is 1.34. The maximum absolute atomic E-state index is 5.69. The van der Waals surface area contributed by atoms with Crippen LogP contribution >= 0.6 is 0 Å². The van der Waals surface area contributed by atoms with Crippen molar-refractivity contribution in [2.24, 2.45) is 0 Å². The molecule has 0 spiro atoms. The third-order valence-corrected chi connectivity index (χ3v) is 3.89. The molecule has 2 aromatic rings. The zero-order chi connectivity index (χ0) is 13.9. The summed E-state index contributed by atoms with van der Waals surface area (Å²) in [6.45, 7) is 5.62. The van der Waals surface area contributed by atoms with Crippen molar-refractivity contribution in [1.82, 2.24) is 19.9 Å². The Morgan fingerprint density at radius 1 is 1.30 bits per heavy atom. The van der Waals surface area contributed by atoms with Crippen LogP contribution in [0.15, 0.2) is 18.5 Å². The minimum Gasteiger partial charge on any atom is -0.384 e. The van der Waals surface area contributed by atoms with Gasteiger partial charge in [0.15, 0.2) is 5.65 Å². The molecule has 0 bridgehead atoms. The van der Waals surface area contributed by atoms with Gasteiger partial charge in [-0.1, -0.05) is 6.92 Å². The molecule has 3 N–H and O–H groups in total. The van der Waals surface area contributed by atoms with Crippen LogP contribution in [0.5, 0.6) is 0 Å². The largest absolute Gasteiger partial charge is 0.384 e. The van der Waals surface area contributed by atoms with Gasteiger partial charge in [-0.15, -0.1) is 0 Å². The van der Waals surface area contributed by atoms with E-state index in [1.165, 1.54) is 6.33 Å². The molecule has 0 saturated carbocycles. The molecule has 1 fully saturated rings. The fourth-order valence-electron chi connectivity index (χ4n) is 2.66. The Labute approximate surface area is 118 Å². The van der Waals surface area contributed by atoms with Gasteiger partial charge in [0.1, 0.15) is 18.0 Å². The second kappa shape index (κ2) is 5.58. The Bertz CT molecular complexity index is 591. The van der Waals surface area contributed by atoms with Crippen molar-refractivity contribution in [2.45, 2.75) is 25.8 Å². The minimum atomic E-state index is 0.466. The van der Waals surface area contributed by atoms with Gasteiger partial charge in [0.05, 0.1) is 5.39 Å². The molecule has 1 aliphatic rings. The van der Waals surface area contributed by atoms with Crippen molar-refractivity contribution < 1.29 is 0 Å². The van der Waals surface area contributed by atoms with Gasteiger partial charge in [0.25, 0.3) is 0 Å². The third-order valence-electron chi connectivity index (χ3n) is 3.89. The zero-order valence-electron chi connectivity index (χ0n) is 11.7. The topological polar surface area (TPSA) is 80.0 Å². The summed E-state index contributed by atoms with van der Waals surface area (Å²) in [7, 11) is 0. The average molecular weight is 272 g/mol. The van der Waals surface area contributed by atoms with E-state index >= 15 is 0 Å². The lowest BCUT2D eigenvalue weighted by Crippen LogP contribution is -2.39. The van der Waals surface area contributed by atoms with E-state index in [2.05, 4.69) is 32.1 Å². The highest BCUT2D eigenvalue weighted by Gasteiger charge is 2.19. The van der Waals surface area contributed by atoms with Crippen LogP contribution in [0, 0.1) is 0 Å². The Morgan fingerprint density at radius 3 is 2.85 bits per heavy atom. The third kappa shape index (κ3) is 2.65. The number of hydrogen-bond acceptors (Lipinski definition) is 6. The fourth-order valence-corrected chi connectivity index (χ4v) is 2.66. The van der Waals surface area contributed by atoms with Gasteiger partial charge in [-0.2, -0.15) is 0 Å². The molecule has 3 rings (SSSR count). The van der Waals surface area contributed by atoms with Crippen LogP contribution in [0.2, 0.25) is 0 Å². The number of likely N-dealkylation sites (tertiary alicyclic amines) is 1. The maximum atomic E-state index is 5.69. The Balaban J connectivity index is 1.78. The lowest BCUT2D eigenvalue weighted by Gasteiger charge is -2.31. The smallest absolute Gasteiger partial charge is 0.166 e. The van der Waals surface area contributed by atoms with E-state index in [0.717, 1.165) is 43.7 Å². The first-order valence-corrected chi connectivity index (χ1v) is 7.12. The number of nitrogens with two attached hydrogens (primary N) is 1. The molecule has 3 heterocycles. The van der Waals surface area contributed by atoms with Crippen LogP contribution in [0.4, 0.5) is 11.6 Å². The molecule has 0 aliphatic carbocycles. The van der Waals surface area contributed by atoms with Crippen LogP contribution in [-0.2, 0) is 0 Å². The summed E-state index contributed by atoms with van der Waals surface area (Å²) >= 11 is 0. The van der Waals surface area contributed by atoms with Gasteiger partial charge in [-0.25, -0.2) is 15.0 Å². The maximum Gasteiger partial charge on any atom is 0.166 e. The van der Waals surface area contributed by atoms with E-state index in [1.54, 1.807) is 6.07 Å². The second-order valence-corrected chi connectivity index (χ2v) is 5.18. The van der Waals surface area contributed by atoms with Crippen molar-refractivity contribution in [1.29, 1.82) is 0 Å². The Morgan fingerprint density at radius 2 is 2.10 bits per heavy atom. The lowest BCUT2D eigenvalue weighted by atomic mass is 10.1. The van der Waals surface area contributed by atoms with Gasteiger partial charge >= 0.3 is 0 Å². The summed E-state index contributed by atoms with van der Waals surface area (Å²) in [5, 5.41) is 4.46. The number of fused-ring (bicyclic) bond motifs is 1. The summed E-state index contributed by atoms with van der Waals surface area (Å²) in [6, 6.07) is 4.19. The molecule has 20 heavy (non-hydrogen) atoms. The molecular formula is C14H20N6. The fraction of sp³-hybridized carbons (Fsp3) is 0.500. The van der Waals surface area contributed by atoms with Gasteiger partial charge in [0, 0.05) is 19.1 Å². The second-order valence-electron chi connectivity index (χ2n) is 5.18. The number of anilines is 2. The van der Waals surface area contributed by atoms with Crippen LogP contribution in [0.1, 0.15) is 19.8 Å². The van der Waals surface area contributed by atoms with Gasteiger partial charge in [-0.05, 0) is 31.5 Å². The van der Waals surface area contributed by atoms with E-state index in [4.69, 9.17) is 5.73 Å². The Hall–Kier alpha value is -1.95. The van der Waals surface area contributed by atoms with E-state index in [0.29, 0.717) is 17.5 Å². The first kappa shape index (κ1) is 13.1. The molecular weight excluding hydrogens is 252 g/mol. The molecule has 0 atom stereocenters. The number of piperidine rings is 1. The number of nitrogen functional groups attached to an aromatic ring is 1. The van der Waals surface area contributed by atoms with E-state index in [9.17, 15) is 0 Å². The molecule has 2 aromatic heterocycles. The van der Waals surface area contributed by atoms with E-state index in [1.807, 2.05) is 6.07 Å². The highest BCUT2D eigenvalue weighted by Crippen LogP contribution is 2.21. The van der Waals surface area contributed by atoms with E-state index < -0.39 is 0 Å². The van der Waals surface area contributed by atoms with Gasteiger partial charge in [0.2, 0.25) is 0 Å². The molecule has 0 amide bonds. The first-order chi connectivity index (χ1) is 9.76. The molecule has 0 radical (unpaired) electrons. The number of nitrogens with zero attached hydrogens (tertiary/aromatic N) is 4. The van der Waals surface area contributed by atoms with Gasteiger partial charge < -0.3 is 16.0 Å². The number of nitrogens with one attached hydrogen (secondary N) is 1. The minimum absolute atomic E-state index is 0.466. The normalized spacial score (nSPS) is 17.4. The number of hydrogen-bond donors (Lipinski definition) is 2. The Kier molecular flexibility index (Phi) is 3.64. The SMILES string of the molecule is CCN1CCC(Nc2ncnc3nc(N)ccc23)CC1. The molecule has 106 valence electrons. The molecule has 1 aliphatic heterocycles. The van der Waals surface area contributed by atoms with Crippen LogP contribution < -0.4 is 11.1 Å². The zero-order valence-corrected chi connectivity index (χ0v) is 11.7. The predicted octanol–water partition coefficient (Wildman–Crippen LogP) is 1.50. The quantitative estimate of drug-likeness (QED) is 0.881. The summed E-state index contributed by atoms with van der Waals surface area (Å²) < 4.78 is 0. The lowest BCUT2D eigenvalue weighted by molar-refractivity contribution is 0.229. The van der Waals surface area contributed by atoms with Crippen LogP contribution in [0.3, 0.4) is 0 Å².